The Morgan fingerprint density at radius 1 is 1.43 bits per heavy atom. The molecule has 0 saturated heterocycles. The van der Waals surface area contributed by atoms with Crippen molar-refractivity contribution >= 4 is 21.3 Å². The molecule has 8 heteroatoms. The molecular formula is C15H22N4O3S. The van der Waals surface area contributed by atoms with Crippen molar-refractivity contribution in [3.63, 3.8) is 0 Å². The number of unbranched alkanes of at least 4 members (excludes halogenated alkanes) is 1. The lowest BCUT2D eigenvalue weighted by molar-refractivity contribution is 0.0932. The van der Waals surface area contributed by atoms with E-state index in [0.29, 0.717) is 12.1 Å². The lowest BCUT2D eigenvalue weighted by Crippen LogP contribution is -2.40. The molecule has 0 aliphatic rings. The number of hydrogen-bond donors (Lipinski definition) is 2. The summed E-state index contributed by atoms with van der Waals surface area (Å²) in [6.45, 7) is 2.40. The van der Waals surface area contributed by atoms with Crippen LogP contribution in [0.3, 0.4) is 0 Å². The van der Waals surface area contributed by atoms with Gasteiger partial charge in [-0.2, -0.15) is 0 Å². The van der Waals surface area contributed by atoms with Crippen molar-refractivity contribution in [2.75, 3.05) is 12.8 Å². The molecule has 0 aliphatic heterocycles. The Bertz CT molecular complexity index is 798. The van der Waals surface area contributed by atoms with Gasteiger partial charge in [0.2, 0.25) is 15.0 Å². The van der Waals surface area contributed by atoms with Gasteiger partial charge in [-0.1, -0.05) is 25.8 Å². The average molecular weight is 338 g/mol. The second kappa shape index (κ2) is 7.10. The zero-order valence-corrected chi connectivity index (χ0v) is 14.1. The summed E-state index contributed by atoms with van der Waals surface area (Å²) in [7, 11) is -3.54. The van der Waals surface area contributed by atoms with E-state index in [9.17, 15) is 13.2 Å². The molecule has 2 aromatic heterocycles. The van der Waals surface area contributed by atoms with Crippen molar-refractivity contribution in [2.45, 2.75) is 37.4 Å². The molecule has 7 nitrogen and oxygen atoms in total. The van der Waals surface area contributed by atoms with Crippen molar-refractivity contribution in [2.24, 2.45) is 5.73 Å². The molecule has 0 saturated carbocycles. The van der Waals surface area contributed by atoms with Gasteiger partial charge in [0.25, 0.3) is 5.91 Å². The van der Waals surface area contributed by atoms with Crippen molar-refractivity contribution in [3.8, 4) is 0 Å². The molecule has 1 unspecified atom stereocenters. The Kier molecular flexibility index (Phi) is 5.38. The van der Waals surface area contributed by atoms with E-state index in [2.05, 4.69) is 17.2 Å². The van der Waals surface area contributed by atoms with Gasteiger partial charge in [-0.25, -0.2) is 13.4 Å². The smallest absolute Gasteiger partial charge is 0.272 e. The molecule has 23 heavy (non-hydrogen) atoms. The summed E-state index contributed by atoms with van der Waals surface area (Å²) in [6.07, 6.45) is 5.40. The maximum atomic E-state index is 12.5. The number of sulfone groups is 1. The van der Waals surface area contributed by atoms with E-state index in [4.69, 9.17) is 5.73 Å². The zero-order valence-electron chi connectivity index (χ0n) is 13.3. The largest absolute Gasteiger partial charge is 0.347 e. The van der Waals surface area contributed by atoms with Crippen LogP contribution in [0.15, 0.2) is 29.6 Å². The third-order valence-corrected chi connectivity index (χ3v) is 4.54. The minimum atomic E-state index is -3.54. The highest BCUT2D eigenvalue weighted by Gasteiger charge is 2.23. The fourth-order valence-corrected chi connectivity index (χ4v) is 3.17. The minimum Gasteiger partial charge on any atom is -0.347 e. The number of fused-ring (bicyclic) bond motifs is 1. The highest BCUT2D eigenvalue weighted by Crippen LogP contribution is 2.17. The van der Waals surface area contributed by atoms with Crippen molar-refractivity contribution in [1.82, 2.24) is 14.7 Å². The Labute approximate surface area is 135 Å². The fourth-order valence-electron chi connectivity index (χ4n) is 2.39. The van der Waals surface area contributed by atoms with Crippen LogP contribution in [0.25, 0.3) is 5.52 Å². The lowest BCUT2D eigenvalue weighted by Gasteiger charge is -2.15. The molecule has 0 fully saturated rings. The molecule has 126 valence electrons. The summed E-state index contributed by atoms with van der Waals surface area (Å²) in [6, 6.07) is 4.94. The predicted molar refractivity (Wildman–Crippen MR) is 88.1 cm³/mol. The van der Waals surface area contributed by atoms with Crippen molar-refractivity contribution in [1.29, 1.82) is 0 Å². The predicted octanol–water partition coefficient (Wildman–Crippen LogP) is 0.985. The SMILES string of the molecule is CCCCC(CN)NC(=O)c1nc(S(C)(=O)=O)n2ccccc12. The van der Waals surface area contributed by atoms with Crippen LogP contribution in [-0.2, 0) is 9.84 Å². The van der Waals surface area contributed by atoms with Gasteiger partial charge in [-0.3, -0.25) is 9.20 Å². The van der Waals surface area contributed by atoms with Gasteiger partial charge in [0.1, 0.15) is 0 Å². The van der Waals surface area contributed by atoms with E-state index < -0.39 is 15.7 Å². The molecule has 1 atom stereocenters. The van der Waals surface area contributed by atoms with E-state index >= 15 is 0 Å². The molecule has 0 aliphatic carbocycles. The number of aromatic nitrogens is 2. The number of nitrogens with zero attached hydrogens (tertiary/aromatic N) is 2. The lowest BCUT2D eigenvalue weighted by atomic mass is 10.1. The van der Waals surface area contributed by atoms with Crippen LogP contribution < -0.4 is 11.1 Å². The monoisotopic (exact) mass is 338 g/mol. The number of rotatable bonds is 7. The number of carbonyl (C=O) groups excluding carboxylic acids is 1. The van der Waals surface area contributed by atoms with Crippen LogP contribution >= 0.6 is 0 Å². The number of amides is 1. The minimum absolute atomic E-state index is 0.0981. The number of nitrogens with two attached hydrogens (primary N) is 1. The Morgan fingerprint density at radius 2 is 2.17 bits per heavy atom. The summed E-state index contributed by atoms with van der Waals surface area (Å²) < 4.78 is 25.1. The van der Waals surface area contributed by atoms with Crippen LogP contribution in [0.2, 0.25) is 0 Å². The summed E-state index contributed by atoms with van der Waals surface area (Å²) in [5.41, 5.74) is 6.24. The number of hydrogen-bond acceptors (Lipinski definition) is 5. The molecule has 3 N–H and O–H groups in total. The Balaban J connectivity index is 2.38. The maximum absolute atomic E-state index is 12.5. The van der Waals surface area contributed by atoms with Gasteiger partial charge >= 0.3 is 0 Å². The van der Waals surface area contributed by atoms with E-state index in [1.54, 1.807) is 24.4 Å². The molecule has 0 spiro atoms. The molecule has 0 bridgehead atoms. The third kappa shape index (κ3) is 3.89. The standard InChI is InChI=1S/C15H22N4O3S/c1-3-4-7-11(10-16)17-14(20)13-12-8-5-6-9-19(12)15(18-13)23(2,21)22/h5-6,8-9,11H,3-4,7,10,16H2,1-2H3,(H,17,20). The first-order chi connectivity index (χ1) is 10.9. The fraction of sp³-hybridized carbons (Fsp3) is 0.467. The van der Waals surface area contributed by atoms with Crippen LogP contribution in [0.1, 0.15) is 36.7 Å². The molecule has 0 radical (unpaired) electrons. The Hall–Kier alpha value is -1.93. The molecule has 1 amide bonds. The average Bonchev–Trinajstić information content (AvgIpc) is 2.91. The second-order valence-corrected chi connectivity index (χ2v) is 7.43. The normalized spacial score (nSPS) is 13.2. The Morgan fingerprint density at radius 3 is 2.78 bits per heavy atom. The first-order valence-corrected chi connectivity index (χ1v) is 9.45. The molecule has 2 heterocycles. The number of carbonyl (C=O) groups is 1. The van der Waals surface area contributed by atoms with Crippen LogP contribution in [0.4, 0.5) is 0 Å². The highest BCUT2D eigenvalue weighted by molar-refractivity contribution is 7.90. The first-order valence-electron chi connectivity index (χ1n) is 7.56. The van der Waals surface area contributed by atoms with Gasteiger partial charge < -0.3 is 11.1 Å². The van der Waals surface area contributed by atoms with Crippen LogP contribution in [0, 0.1) is 0 Å². The first kappa shape index (κ1) is 17.4. The maximum Gasteiger partial charge on any atom is 0.272 e. The quantitative estimate of drug-likeness (QED) is 0.783. The topological polar surface area (TPSA) is 107 Å². The van der Waals surface area contributed by atoms with Crippen molar-refractivity contribution in [3.05, 3.63) is 30.1 Å². The molecule has 2 aromatic rings. The summed E-state index contributed by atoms with van der Waals surface area (Å²) in [4.78, 5) is 16.5. The molecule has 2 rings (SSSR count). The number of imidazole rings is 1. The van der Waals surface area contributed by atoms with E-state index in [1.165, 1.54) is 4.40 Å². The number of pyridine rings is 1. The summed E-state index contributed by atoms with van der Waals surface area (Å²) >= 11 is 0. The second-order valence-electron chi connectivity index (χ2n) is 5.52. The molecular weight excluding hydrogens is 316 g/mol. The third-order valence-electron chi connectivity index (χ3n) is 3.59. The highest BCUT2D eigenvalue weighted by atomic mass is 32.2. The van der Waals surface area contributed by atoms with Gasteiger partial charge in [0.05, 0.1) is 5.52 Å². The van der Waals surface area contributed by atoms with E-state index in [1.807, 2.05) is 0 Å². The van der Waals surface area contributed by atoms with Gasteiger partial charge in [0, 0.05) is 25.0 Å². The van der Waals surface area contributed by atoms with E-state index in [0.717, 1.165) is 25.5 Å². The molecule has 0 aromatic carbocycles. The van der Waals surface area contributed by atoms with Gasteiger partial charge in [0.15, 0.2) is 5.69 Å². The van der Waals surface area contributed by atoms with Gasteiger partial charge in [-0.05, 0) is 18.6 Å². The zero-order chi connectivity index (χ0) is 17.0. The van der Waals surface area contributed by atoms with Crippen molar-refractivity contribution < 1.29 is 13.2 Å². The summed E-state index contributed by atoms with van der Waals surface area (Å²) in [5.74, 6) is -0.407. The van der Waals surface area contributed by atoms with Crippen LogP contribution in [0.5, 0.6) is 0 Å². The summed E-state index contributed by atoms with van der Waals surface area (Å²) in [5, 5.41) is 2.70. The van der Waals surface area contributed by atoms with E-state index in [-0.39, 0.29) is 16.9 Å². The number of nitrogens with one attached hydrogen (secondary N) is 1. The van der Waals surface area contributed by atoms with Crippen LogP contribution in [-0.4, -0.2) is 42.6 Å². The van der Waals surface area contributed by atoms with Gasteiger partial charge in [-0.15, -0.1) is 0 Å².